The molecule has 0 saturated heterocycles. The third kappa shape index (κ3) is 2.33. The smallest absolute Gasteiger partial charge is 0.0233 e. The molecule has 0 bridgehead atoms. The lowest BCUT2D eigenvalue weighted by atomic mass is 10.1. The second-order valence-electron chi connectivity index (χ2n) is 2.15. The third-order valence-corrected chi connectivity index (χ3v) is 1.27. The number of benzene rings is 1. The second kappa shape index (κ2) is 4.24. The van der Waals surface area contributed by atoms with E-state index in [4.69, 9.17) is 0 Å². The normalized spacial score (nSPS) is 8.10. The maximum Gasteiger partial charge on any atom is -0.0233 e. The minimum absolute atomic E-state index is 0. The molecule has 0 amide bonds. The first kappa shape index (κ1) is 9.39. The third-order valence-electron chi connectivity index (χ3n) is 1.27. The molecule has 0 saturated carbocycles. The average Bonchev–Trinajstić information content (AvgIpc) is 1.90. The SMILES string of the molecule is C=C(C)c1ccccc1.P. The van der Waals surface area contributed by atoms with Gasteiger partial charge in [-0.25, -0.2) is 0 Å². The highest BCUT2D eigenvalue weighted by molar-refractivity contribution is 6.92. The Hall–Kier alpha value is -0.610. The maximum absolute atomic E-state index is 3.83. The predicted molar refractivity (Wildman–Crippen MR) is 52.3 cm³/mol. The summed E-state index contributed by atoms with van der Waals surface area (Å²) < 4.78 is 0. The highest BCUT2D eigenvalue weighted by atomic mass is 31.0. The minimum atomic E-state index is 0. The first-order valence-electron chi connectivity index (χ1n) is 3.01. The van der Waals surface area contributed by atoms with Gasteiger partial charge >= 0.3 is 0 Å². The lowest BCUT2D eigenvalue weighted by molar-refractivity contribution is 1.58. The molecule has 0 spiro atoms. The molecule has 0 aliphatic rings. The average molecular weight is 152 g/mol. The molecule has 0 aliphatic carbocycles. The van der Waals surface area contributed by atoms with Crippen LogP contribution in [0.15, 0.2) is 36.9 Å². The van der Waals surface area contributed by atoms with Gasteiger partial charge in [0.1, 0.15) is 0 Å². The Bertz CT molecular complexity index is 201. The molecule has 0 heterocycles. The van der Waals surface area contributed by atoms with Gasteiger partial charge in [0, 0.05) is 0 Å². The highest BCUT2D eigenvalue weighted by Crippen LogP contribution is 2.08. The summed E-state index contributed by atoms with van der Waals surface area (Å²) >= 11 is 0. The summed E-state index contributed by atoms with van der Waals surface area (Å²) in [6.45, 7) is 5.83. The molecule has 0 N–H and O–H groups in total. The summed E-state index contributed by atoms with van der Waals surface area (Å²) in [6.07, 6.45) is 0. The van der Waals surface area contributed by atoms with E-state index in [0.717, 1.165) is 5.57 Å². The van der Waals surface area contributed by atoms with Crippen LogP contribution in [-0.2, 0) is 0 Å². The van der Waals surface area contributed by atoms with Crippen molar-refractivity contribution in [1.82, 2.24) is 0 Å². The molecule has 1 aromatic carbocycles. The summed E-state index contributed by atoms with van der Waals surface area (Å²) in [5.74, 6) is 0. The lowest BCUT2D eigenvalue weighted by Gasteiger charge is -1.94. The fourth-order valence-electron chi connectivity index (χ4n) is 0.723. The Kier molecular flexibility index (Phi) is 3.99. The predicted octanol–water partition coefficient (Wildman–Crippen LogP) is 2.78. The molecule has 1 unspecified atom stereocenters. The van der Waals surface area contributed by atoms with Gasteiger partial charge in [-0.3, -0.25) is 0 Å². The van der Waals surface area contributed by atoms with Gasteiger partial charge in [-0.05, 0) is 12.5 Å². The number of hydrogen-bond acceptors (Lipinski definition) is 0. The van der Waals surface area contributed by atoms with Crippen molar-refractivity contribution in [2.24, 2.45) is 0 Å². The van der Waals surface area contributed by atoms with Gasteiger partial charge in [0.15, 0.2) is 0 Å². The summed E-state index contributed by atoms with van der Waals surface area (Å²) in [4.78, 5) is 0. The van der Waals surface area contributed by atoms with E-state index >= 15 is 0 Å². The van der Waals surface area contributed by atoms with E-state index in [1.165, 1.54) is 5.56 Å². The van der Waals surface area contributed by atoms with Crippen LogP contribution in [0.1, 0.15) is 12.5 Å². The molecular formula is C9H13P. The molecule has 1 aromatic rings. The Morgan fingerprint density at radius 1 is 1.20 bits per heavy atom. The van der Waals surface area contributed by atoms with Crippen molar-refractivity contribution >= 4 is 15.5 Å². The zero-order valence-electron chi connectivity index (χ0n) is 6.30. The zero-order valence-corrected chi connectivity index (χ0v) is 7.72. The zero-order chi connectivity index (χ0) is 6.69. The van der Waals surface area contributed by atoms with Crippen molar-refractivity contribution in [1.29, 1.82) is 0 Å². The van der Waals surface area contributed by atoms with Crippen LogP contribution < -0.4 is 0 Å². The fourth-order valence-corrected chi connectivity index (χ4v) is 0.723. The molecule has 0 aromatic heterocycles. The molecule has 10 heavy (non-hydrogen) atoms. The molecule has 0 aliphatic heterocycles. The summed E-state index contributed by atoms with van der Waals surface area (Å²) in [5.41, 5.74) is 2.34. The summed E-state index contributed by atoms with van der Waals surface area (Å²) in [5, 5.41) is 0. The van der Waals surface area contributed by atoms with Gasteiger partial charge in [0.05, 0.1) is 0 Å². The Labute approximate surface area is 65.6 Å². The van der Waals surface area contributed by atoms with Crippen LogP contribution in [0.4, 0.5) is 0 Å². The van der Waals surface area contributed by atoms with Gasteiger partial charge in [-0.2, -0.15) is 9.90 Å². The molecule has 0 nitrogen and oxygen atoms in total. The molecular weight excluding hydrogens is 139 g/mol. The van der Waals surface area contributed by atoms with E-state index < -0.39 is 0 Å². The van der Waals surface area contributed by atoms with Gasteiger partial charge < -0.3 is 0 Å². The van der Waals surface area contributed by atoms with Crippen molar-refractivity contribution < 1.29 is 0 Å². The van der Waals surface area contributed by atoms with E-state index in [1.54, 1.807) is 0 Å². The van der Waals surface area contributed by atoms with Crippen molar-refractivity contribution in [3.05, 3.63) is 42.5 Å². The van der Waals surface area contributed by atoms with Gasteiger partial charge in [-0.1, -0.05) is 42.5 Å². The molecule has 1 rings (SSSR count). The fraction of sp³-hybridized carbons (Fsp3) is 0.111. The maximum atomic E-state index is 3.83. The number of hydrogen-bond donors (Lipinski definition) is 0. The summed E-state index contributed by atoms with van der Waals surface area (Å²) in [6, 6.07) is 10.2. The van der Waals surface area contributed by atoms with Crippen LogP contribution in [0.2, 0.25) is 0 Å². The van der Waals surface area contributed by atoms with E-state index in [1.807, 2.05) is 25.1 Å². The first-order chi connectivity index (χ1) is 4.30. The van der Waals surface area contributed by atoms with Crippen LogP contribution in [0.25, 0.3) is 5.57 Å². The van der Waals surface area contributed by atoms with Crippen LogP contribution in [0.5, 0.6) is 0 Å². The quantitative estimate of drug-likeness (QED) is 0.543. The van der Waals surface area contributed by atoms with Crippen LogP contribution in [0.3, 0.4) is 0 Å². The Morgan fingerprint density at radius 3 is 2.00 bits per heavy atom. The largest absolute Gasteiger partial charge is 0.153 e. The minimum Gasteiger partial charge on any atom is -0.153 e. The topological polar surface area (TPSA) is 0 Å². The van der Waals surface area contributed by atoms with E-state index in [9.17, 15) is 0 Å². The van der Waals surface area contributed by atoms with Crippen molar-refractivity contribution in [2.75, 3.05) is 0 Å². The van der Waals surface area contributed by atoms with E-state index in [2.05, 4.69) is 18.7 Å². The standard InChI is InChI=1S/C9H10.H3P/c1-8(2)9-6-4-3-5-7-9;/h3-7H,1H2,2H3;1H3. The van der Waals surface area contributed by atoms with Crippen molar-refractivity contribution in [2.45, 2.75) is 6.92 Å². The van der Waals surface area contributed by atoms with Gasteiger partial charge in [0.2, 0.25) is 0 Å². The monoisotopic (exact) mass is 152 g/mol. The van der Waals surface area contributed by atoms with E-state index in [-0.39, 0.29) is 9.90 Å². The van der Waals surface area contributed by atoms with Crippen molar-refractivity contribution in [3.63, 3.8) is 0 Å². The molecule has 54 valence electrons. The summed E-state index contributed by atoms with van der Waals surface area (Å²) in [7, 11) is 0. The molecule has 0 radical (unpaired) electrons. The molecule has 1 heteroatoms. The highest BCUT2D eigenvalue weighted by Gasteiger charge is 1.86. The van der Waals surface area contributed by atoms with Crippen LogP contribution >= 0.6 is 9.90 Å². The Morgan fingerprint density at radius 2 is 1.70 bits per heavy atom. The number of allylic oxidation sites excluding steroid dienone is 1. The van der Waals surface area contributed by atoms with Crippen molar-refractivity contribution in [3.8, 4) is 0 Å². The van der Waals surface area contributed by atoms with Crippen LogP contribution in [-0.4, -0.2) is 0 Å². The van der Waals surface area contributed by atoms with E-state index in [0.29, 0.717) is 0 Å². The van der Waals surface area contributed by atoms with Gasteiger partial charge in [-0.15, -0.1) is 0 Å². The van der Waals surface area contributed by atoms with Crippen LogP contribution in [0, 0.1) is 0 Å². The van der Waals surface area contributed by atoms with Gasteiger partial charge in [0.25, 0.3) is 0 Å². The number of rotatable bonds is 1. The lowest BCUT2D eigenvalue weighted by Crippen LogP contribution is -1.72. The first-order valence-corrected chi connectivity index (χ1v) is 3.01. The second-order valence-corrected chi connectivity index (χ2v) is 2.15. The molecule has 0 fully saturated rings. The Balaban J connectivity index is 0.000000810. The molecule has 1 atom stereocenters.